The molecule has 1 rings (SSSR count). The van der Waals surface area contributed by atoms with E-state index in [-0.39, 0.29) is 0 Å². The van der Waals surface area contributed by atoms with Crippen LogP contribution in [0.5, 0.6) is 0 Å². The van der Waals surface area contributed by atoms with E-state index in [2.05, 4.69) is 61.2 Å². The van der Waals surface area contributed by atoms with Gasteiger partial charge in [-0.2, -0.15) is 0 Å². The molecule has 1 heteroatoms. The Labute approximate surface area is 96.7 Å². The van der Waals surface area contributed by atoms with Crippen molar-refractivity contribution in [3.05, 3.63) is 29.8 Å². The minimum absolute atomic E-state index is 0.404. The highest BCUT2D eigenvalue weighted by atomic mass is 31.0. The van der Waals surface area contributed by atoms with E-state index >= 15 is 0 Å². The van der Waals surface area contributed by atoms with Crippen LogP contribution in [0.15, 0.2) is 24.3 Å². The maximum absolute atomic E-state index is 2.83. The molecule has 0 saturated carbocycles. The minimum atomic E-state index is 0.404. The second-order valence-electron chi connectivity index (χ2n) is 5.64. The van der Waals surface area contributed by atoms with Crippen molar-refractivity contribution in [1.29, 1.82) is 0 Å². The van der Waals surface area contributed by atoms with Crippen LogP contribution in [-0.2, 0) is 6.42 Å². The van der Waals surface area contributed by atoms with Crippen molar-refractivity contribution >= 4 is 14.5 Å². The van der Waals surface area contributed by atoms with Crippen LogP contribution in [0.3, 0.4) is 0 Å². The largest absolute Gasteiger partial charge is 0.105 e. The second kappa shape index (κ2) is 5.12. The topological polar surface area (TPSA) is 0 Å². The standard InChI is InChI=1S/C14H23P/c1-11(2)9-14(3,4)10-12-7-5-6-8-13(12)15/h5-8,11H,9-10,15H2,1-4H3. The van der Waals surface area contributed by atoms with Gasteiger partial charge in [0, 0.05) is 0 Å². The van der Waals surface area contributed by atoms with Gasteiger partial charge >= 0.3 is 0 Å². The monoisotopic (exact) mass is 222 g/mol. The molecule has 0 aliphatic carbocycles. The quantitative estimate of drug-likeness (QED) is 0.680. The Morgan fingerprint density at radius 1 is 1.20 bits per heavy atom. The average Bonchev–Trinajstić information content (AvgIpc) is 2.06. The van der Waals surface area contributed by atoms with Gasteiger partial charge in [0.05, 0.1) is 0 Å². The smallest absolute Gasteiger partial charge is 0.0221 e. The van der Waals surface area contributed by atoms with Crippen molar-refractivity contribution < 1.29 is 0 Å². The molecular formula is C14H23P. The Kier molecular flexibility index (Phi) is 4.34. The zero-order valence-electron chi connectivity index (χ0n) is 10.4. The van der Waals surface area contributed by atoms with Crippen LogP contribution in [0, 0.1) is 11.3 Å². The Morgan fingerprint density at radius 2 is 1.80 bits per heavy atom. The molecule has 0 N–H and O–H groups in total. The zero-order valence-corrected chi connectivity index (χ0v) is 11.5. The highest BCUT2D eigenvalue weighted by molar-refractivity contribution is 7.27. The van der Waals surface area contributed by atoms with E-state index in [4.69, 9.17) is 0 Å². The SMILES string of the molecule is CC(C)CC(C)(C)Cc1ccccc1P. The van der Waals surface area contributed by atoms with Gasteiger partial charge in [0.1, 0.15) is 0 Å². The van der Waals surface area contributed by atoms with E-state index in [1.165, 1.54) is 23.7 Å². The van der Waals surface area contributed by atoms with Crippen LogP contribution < -0.4 is 5.30 Å². The normalized spacial score (nSPS) is 12.1. The predicted molar refractivity (Wildman–Crippen MR) is 72.7 cm³/mol. The van der Waals surface area contributed by atoms with Crippen molar-refractivity contribution in [2.24, 2.45) is 11.3 Å². The molecule has 0 spiro atoms. The number of hydrogen-bond donors (Lipinski definition) is 0. The first-order chi connectivity index (χ1) is 6.91. The molecule has 0 aromatic heterocycles. The second-order valence-corrected chi connectivity index (χ2v) is 6.26. The van der Waals surface area contributed by atoms with Gasteiger partial charge in [-0.25, -0.2) is 0 Å². The first-order valence-electron chi connectivity index (χ1n) is 5.74. The Balaban J connectivity index is 2.73. The molecule has 0 fully saturated rings. The van der Waals surface area contributed by atoms with Crippen molar-refractivity contribution in [2.45, 2.75) is 40.5 Å². The fourth-order valence-corrected chi connectivity index (χ4v) is 2.70. The van der Waals surface area contributed by atoms with Gasteiger partial charge < -0.3 is 0 Å². The van der Waals surface area contributed by atoms with Gasteiger partial charge in [0.15, 0.2) is 0 Å². The van der Waals surface area contributed by atoms with Crippen LogP contribution >= 0.6 is 9.24 Å². The number of rotatable bonds is 4. The molecule has 0 aliphatic rings. The van der Waals surface area contributed by atoms with E-state index in [1.807, 2.05) is 0 Å². The highest BCUT2D eigenvalue weighted by Gasteiger charge is 2.20. The summed E-state index contributed by atoms with van der Waals surface area (Å²) < 4.78 is 0. The summed E-state index contributed by atoms with van der Waals surface area (Å²) in [6.07, 6.45) is 2.46. The molecule has 0 amide bonds. The summed E-state index contributed by atoms with van der Waals surface area (Å²) in [6.45, 7) is 9.33. The predicted octanol–water partition coefficient (Wildman–Crippen LogP) is 3.80. The minimum Gasteiger partial charge on any atom is -0.105 e. The van der Waals surface area contributed by atoms with Gasteiger partial charge in [-0.3, -0.25) is 0 Å². The van der Waals surface area contributed by atoms with Gasteiger partial charge in [-0.05, 0) is 35.0 Å². The molecule has 0 heterocycles. The molecule has 1 unspecified atom stereocenters. The Morgan fingerprint density at radius 3 is 2.33 bits per heavy atom. The number of benzene rings is 1. The summed E-state index contributed by atoms with van der Waals surface area (Å²) in [5.41, 5.74) is 1.87. The average molecular weight is 222 g/mol. The van der Waals surface area contributed by atoms with Crippen molar-refractivity contribution in [3.63, 3.8) is 0 Å². The Hall–Kier alpha value is -0.350. The first kappa shape index (κ1) is 12.7. The molecule has 0 aliphatic heterocycles. The fraction of sp³-hybridized carbons (Fsp3) is 0.571. The Bertz CT molecular complexity index is 313. The van der Waals surface area contributed by atoms with Gasteiger partial charge in [-0.1, -0.05) is 52.0 Å². The first-order valence-corrected chi connectivity index (χ1v) is 6.32. The molecule has 1 aromatic carbocycles. The van der Waals surface area contributed by atoms with E-state index in [0.29, 0.717) is 5.41 Å². The van der Waals surface area contributed by atoms with Crippen LogP contribution in [0.25, 0.3) is 0 Å². The third kappa shape index (κ3) is 4.34. The lowest BCUT2D eigenvalue weighted by molar-refractivity contribution is 0.286. The van der Waals surface area contributed by atoms with E-state index in [0.717, 1.165) is 5.92 Å². The third-order valence-electron chi connectivity index (χ3n) is 2.68. The lowest BCUT2D eigenvalue weighted by Gasteiger charge is -2.27. The van der Waals surface area contributed by atoms with Gasteiger partial charge in [-0.15, -0.1) is 9.24 Å². The molecule has 84 valence electrons. The van der Waals surface area contributed by atoms with Crippen molar-refractivity contribution in [1.82, 2.24) is 0 Å². The van der Waals surface area contributed by atoms with Crippen LogP contribution in [0.4, 0.5) is 0 Å². The molecule has 1 atom stereocenters. The lowest BCUT2D eigenvalue weighted by atomic mass is 9.79. The zero-order chi connectivity index (χ0) is 11.5. The summed E-state index contributed by atoms with van der Waals surface area (Å²) in [4.78, 5) is 0. The summed E-state index contributed by atoms with van der Waals surface area (Å²) in [5.74, 6) is 0.775. The fourth-order valence-electron chi connectivity index (χ4n) is 2.39. The molecule has 0 bridgehead atoms. The molecule has 15 heavy (non-hydrogen) atoms. The highest BCUT2D eigenvalue weighted by Crippen LogP contribution is 2.29. The molecular weight excluding hydrogens is 199 g/mol. The molecule has 1 aromatic rings. The molecule has 0 saturated heterocycles. The summed E-state index contributed by atoms with van der Waals surface area (Å²) in [7, 11) is 2.83. The van der Waals surface area contributed by atoms with Crippen LogP contribution in [-0.4, -0.2) is 0 Å². The maximum atomic E-state index is 2.83. The molecule has 0 nitrogen and oxygen atoms in total. The third-order valence-corrected chi connectivity index (χ3v) is 3.25. The summed E-state index contributed by atoms with van der Waals surface area (Å²) in [5, 5.41) is 1.34. The summed E-state index contributed by atoms with van der Waals surface area (Å²) >= 11 is 0. The van der Waals surface area contributed by atoms with Gasteiger partial charge in [0.2, 0.25) is 0 Å². The maximum Gasteiger partial charge on any atom is -0.0221 e. The molecule has 0 radical (unpaired) electrons. The van der Waals surface area contributed by atoms with E-state index in [9.17, 15) is 0 Å². The lowest BCUT2D eigenvalue weighted by Crippen LogP contribution is -2.20. The van der Waals surface area contributed by atoms with Crippen LogP contribution in [0.2, 0.25) is 0 Å². The van der Waals surface area contributed by atoms with E-state index in [1.54, 1.807) is 0 Å². The van der Waals surface area contributed by atoms with Gasteiger partial charge in [0.25, 0.3) is 0 Å². The van der Waals surface area contributed by atoms with Crippen molar-refractivity contribution in [2.75, 3.05) is 0 Å². The number of hydrogen-bond acceptors (Lipinski definition) is 0. The van der Waals surface area contributed by atoms with E-state index < -0.39 is 0 Å². The summed E-state index contributed by atoms with van der Waals surface area (Å²) in [6, 6.07) is 8.64. The van der Waals surface area contributed by atoms with Crippen LogP contribution in [0.1, 0.15) is 39.7 Å². The van der Waals surface area contributed by atoms with Crippen molar-refractivity contribution in [3.8, 4) is 0 Å².